The van der Waals surface area contributed by atoms with E-state index in [0.717, 1.165) is 49.4 Å². The summed E-state index contributed by atoms with van der Waals surface area (Å²) in [4.78, 5) is 15.2. The summed E-state index contributed by atoms with van der Waals surface area (Å²) in [5.41, 5.74) is 0. The van der Waals surface area contributed by atoms with Crippen molar-refractivity contribution in [2.24, 2.45) is 5.92 Å². The third kappa shape index (κ3) is 4.95. The zero-order chi connectivity index (χ0) is 16.1. The quantitative estimate of drug-likeness (QED) is 0.809. The average Bonchev–Trinajstić information content (AvgIpc) is 3.24. The Morgan fingerprint density at radius 2 is 1.96 bits per heavy atom. The zero-order valence-electron chi connectivity index (χ0n) is 13.5. The molecule has 3 nitrogen and oxygen atoms in total. The Labute approximate surface area is 142 Å². The van der Waals surface area contributed by atoms with Gasteiger partial charge in [0.25, 0.3) is 0 Å². The van der Waals surface area contributed by atoms with Crippen LogP contribution in [-0.4, -0.2) is 42.2 Å². The second kappa shape index (κ2) is 8.15. The first kappa shape index (κ1) is 16.8. The highest BCUT2D eigenvalue weighted by atomic mass is 32.2. The highest BCUT2D eigenvalue weighted by Gasteiger charge is 2.26. The van der Waals surface area contributed by atoms with Crippen molar-refractivity contribution in [2.75, 3.05) is 25.4 Å². The Bertz CT molecular complexity index is 516. The maximum Gasteiger partial charge on any atom is 0.236 e. The van der Waals surface area contributed by atoms with Crippen molar-refractivity contribution in [1.82, 2.24) is 10.2 Å². The van der Waals surface area contributed by atoms with Gasteiger partial charge in [-0.3, -0.25) is 4.79 Å². The van der Waals surface area contributed by atoms with Crippen LogP contribution in [0.3, 0.4) is 0 Å². The van der Waals surface area contributed by atoms with Crippen LogP contribution in [-0.2, 0) is 4.79 Å². The summed E-state index contributed by atoms with van der Waals surface area (Å²) < 4.78 is 12.9. The molecule has 1 N–H and O–H groups in total. The minimum Gasteiger partial charge on any atom is -0.342 e. The lowest BCUT2D eigenvalue weighted by Crippen LogP contribution is -2.39. The van der Waals surface area contributed by atoms with Gasteiger partial charge in [-0.15, -0.1) is 11.8 Å². The predicted molar refractivity (Wildman–Crippen MR) is 92.1 cm³/mol. The van der Waals surface area contributed by atoms with E-state index >= 15 is 0 Å². The molecule has 23 heavy (non-hydrogen) atoms. The third-order valence-electron chi connectivity index (χ3n) is 4.84. The largest absolute Gasteiger partial charge is 0.342 e. The van der Waals surface area contributed by atoms with Crippen molar-refractivity contribution in [3.8, 4) is 0 Å². The van der Waals surface area contributed by atoms with Crippen LogP contribution in [0.1, 0.15) is 32.1 Å². The molecule has 1 saturated carbocycles. The van der Waals surface area contributed by atoms with E-state index in [2.05, 4.69) is 5.32 Å². The van der Waals surface area contributed by atoms with Crippen LogP contribution in [0.5, 0.6) is 0 Å². The number of thioether (sulfide) groups is 1. The summed E-state index contributed by atoms with van der Waals surface area (Å²) in [7, 11) is 0. The number of carbonyl (C=O) groups excluding carboxylic acids is 1. The zero-order valence-corrected chi connectivity index (χ0v) is 14.3. The number of hydrogen-bond acceptors (Lipinski definition) is 3. The fourth-order valence-corrected chi connectivity index (χ4v) is 4.53. The number of rotatable bonds is 6. The van der Waals surface area contributed by atoms with E-state index in [1.807, 2.05) is 17.0 Å². The van der Waals surface area contributed by atoms with Gasteiger partial charge in [0.1, 0.15) is 5.82 Å². The van der Waals surface area contributed by atoms with E-state index in [1.165, 1.54) is 18.6 Å². The number of benzene rings is 1. The molecular weight excluding hydrogens is 311 g/mol. The average molecular weight is 336 g/mol. The summed E-state index contributed by atoms with van der Waals surface area (Å²) in [5, 5.41) is 3.44. The summed E-state index contributed by atoms with van der Waals surface area (Å²) >= 11 is 1.80. The Kier molecular flexibility index (Phi) is 5.95. The number of likely N-dealkylation sites (tertiary alicyclic amines) is 1. The Balaban J connectivity index is 1.35. The van der Waals surface area contributed by atoms with Crippen molar-refractivity contribution in [3.05, 3.63) is 30.1 Å². The smallest absolute Gasteiger partial charge is 0.236 e. The molecule has 126 valence electrons. The summed E-state index contributed by atoms with van der Waals surface area (Å²) in [6, 6.07) is 7.20. The highest BCUT2D eigenvalue weighted by molar-refractivity contribution is 7.99. The van der Waals surface area contributed by atoms with Crippen LogP contribution in [0.15, 0.2) is 29.2 Å². The molecule has 0 radical (unpaired) electrons. The van der Waals surface area contributed by atoms with Gasteiger partial charge in [0, 0.05) is 29.8 Å². The molecule has 2 aliphatic rings. The van der Waals surface area contributed by atoms with Gasteiger partial charge < -0.3 is 10.2 Å². The fourth-order valence-electron chi connectivity index (χ4n) is 3.47. The standard InChI is InChI=1S/C18H25FN2OS/c19-15-4-7-17(8-5-15)23-13-14-3-6-16(11-14)20-12-18(22)21-9-1-2-10-21/h4-5,7-8,14,16,20H,1-3,6,9-13H2/t14-,16+/m1/s1. The van der Waals surface area contributed by atoms with E-state index in [0.29, 0.717) is 18.5 Å². The second-order valence-corrected chi connectivity index (χ2v) is 7.70. The van der Waals surface area contributed by atoms with Crippen LogP contribution < -0.4 is 5.32 Å². The normalized spacial score (nSPS) is 24.3. The third-order valence-corrected chi connectivity index (χ3v) is 6.08. The molecule has 1 aromatic carbocycles. The van der Waals surface area contributed by atoms with Gasteiger partial charge in [0.15, 0.2) is 0 Å². The molecule has 0 spiro atoms. The van der Waals surface area contributed by atoms with Gasteiger partial charge in [-0.2, -0.15) is 0 Å². The van der Waals surface area contributed by atoms with E-state index < -0.39 is 0 Å². The molecule has 1 aromatic rings. The van der Waals surface area contributed by atoms with Crippen LogP contribution >= 0.6 is 11.8 Å². The van der Waals surface area contributed by atoms with E-state index in [-0.39, 0.29) is 11.7 Å². The van der Waals surface area contributed by atoms with E-state index in [4.69, 9.17) is 0 Å². The lowest BCUT2D eigenvalue weighted by atomic mass is 10.1. The Hall–Kier alpha value is -1.07. The van der Waals surface area contributed by atoms with Gasteiger partial charge >= 0.3 is 0 Å². The molecule has 0 aromatic heterocycles. The molecule has 1 aliphatic carbocycles. The van der Waals surface area contributed by atoms with Gasteiger partial charge in [0.05, 0.1) is 6.54 Å². The first-order valence-electron chi connectivity index (χ1n) is 8.60. The minimum absolute atomic E-state index is 0.179. The van der Waals surface area contributed by atoms with Crippen molar-refractivity contribution < 1.29 is 9.18 Å². The molecule has 1 heterocycles. The van der Waals surface area contributed by atoms with Crippen LogP contribution in [0.4, 0.5) is 4.39 Å². The Morgan fingerprint density at radius 1 is 1.22 bits per heavy atom. The van der Waals surface area contributed by atoms with Crippen molar-refractivity contribution >= 4 is 17.7 Å². The van der Waals surface area contributed by atoms with E-state index in [9.17, 15) is 9.18 Å². The van der Waals surface area contributed by atoms with Gasteiger partial charge in [-0.1, -0.05) is 0 Å². The van der Waals surface area contributed by atoms with Crippen LogP contribution in [0.2, 0.25) is 0 Å². The fraction of sp³-hybridized carbons (Fsp3) is 0.611. The van der Waals surface area contributed by atoms with Crippen molar-refractivity contribution in [1.29, 1.82) is 0 Å². The number of halogens is 1. The molecule has 2 atom stereocenters. The van der Waals surface area contributed by atoms with Gasteiger partial charge in [0.2, 0.25) is 5.91 Å². The predicted octanol–water partition coefficient (Wildman–Crippen LogP) is 3.30. The molecule has 1 aliphatic heterocycles. The van der Waals surface area contributed by atoms with Crippen molar-refractivity contribution in [3.63, 3.8) is 0 Å². The highest BCUT2D eigenvalue weighted by Crippen LogP contribution is 2.31. The van der Waals surface area contributed by atoms with Gasteiger partial charge in [-0.05, 0) is 62.3 Å². The maximum absolute atomic E-state index is 12.9. The maximum atomic E-state index is 12.9. The summed E-state index contributed by atoms with van der Waals surface area (Å²) in [6.45, 7) is 2.35. The topological polar surface area (TPSA) is 32.3 Å². The number of hydrogen-bond donors (Lipinski definition) is 1. The molecule has 2 fully saturated rings. The molecule has 1 amide bonds. The van der Waals surface area contributed by atoms with Crippen molar-refractivity contribution in [2.45, 2.75) is 43.0 Å². The van der Waals surface area contributed by atoms with Crippen LogP contribution in [0, 0.1) is 11.7 Å². The molecule has 0 bridgehead atoms. The Morgan fingerprint density at radius 3 is 2.70 bits per heavy atom. The van der Waals surface area contributed by atoms with Crippen LogP contribution in [0.25, 0.3) is 0 Å². The first-order chi connectivity index (χ1) is 11.2. The summed E-state index contributed by atoms with van der Waals surface area (Å²) in [6.07, 6.45) is 5.81. The van der Waals surface area contributed by atoms with E-state index in [1.54, 1.807) is 11.8 Å². The second-order valence-electron chi connectivity index (χ2n) is 6.61. The molecule has 0 unspecified atom stereocenters. The lowest BCUT2D eigenvalue weighted by Gasteiger charge is -2.18. The molecule has 1 saturated heterocycles. The monoisotopic (exact) mass is 336 g/mol. The molecule has 3 rings (SSSR count). The lowest BCUT2D eigenvalue weighted by molar-refractivity contribution is -0.129. The number of carbonyl (C=O) groups is 1. The summed E-state index contributed by atoms with van der Waals surface area (Å²) in [5.74, 6) is 1.84. The SMILES string of the molecule is O=C(CN[C@H]1CC[C@@H](CSc2ccc(F)cc2)C1)N1CCCC1. The minimum atomic E-state index is -0.179. The number of nitrogens with one attached hydrogen (secondary N) is 1. The number of nitrogens with zero attached hydrogens (tertiary/aromatic N) is 1. The number of amides is 1. The molecule has 5 heteroatoms. The first-order valence-corrected chi connectivity index (χ1v) is 9.59. The molecular formula is C18H25FN2OS. The van der Waals surface area contributed by atoms with Gasteiger partial charge in [-0.25, -0.2) is 4.39 Å².